The fourth-order valence-corrected chi connectivity index (χ4v) is 2.22. The summed E-state index contributed by atoms with van der Waals surface area (Å²) in [7, 11) is 0. The van der Waals surface area contributed by atoms with Crippen molar-refractivity contribution in [1.82, 2.24) is 0 Å². The first kappa shape index (κ1) is 17.2. The Labute approximate surface area is 138 Å². The van der Waals surface area contributed by atoms with E-state index >= 15 is 0 Å². The van der Waals surface area contributed by atoms with Gasteiger partial charge in [-0.15, -0.1) is 0 Å². The van der Waals surface area contributed by atoms with Gasteiger partial charge in [0.15, 0.2) is 0 Å². The maximum absolute atomic E-state index is 13.7. The Balaban J connectivity index is 2.45. The summed E-state index contributed by atoms with van der Waals surface area (Å²) in [6.07, 6.45) is -0.289. The number of benzene rings is 2. The van der Waals surface area contributed by atoms with Crippen LogP contribution in [0.4, 0.5) is 8.78 Å². The van der Waals surface area contributed by atoms with Gasteiger partial charge in [0, 0.05) is 6.54 Å². The standard InChI is InChI=1S/C15H14BCl2F2NO/c1-9(8-21)22-16(10-2-4-12(17)14(19)6-10)11-3-5-13(18)15(20)7-11/h2-7,9H,8,21H2,1H3. The molecule has 7 heteroatoms. The lowest BCUT2D eigenvalue weighted by molar-refractivity contribution is 0.239. The maximum Gasteiger partial charge on any atom is 0.362 e. The lowest BCUT2D eigenvalue weighted by atomic mass is 9.55. The molecule has 2 rings (SSSR count). The van der Waals surface area contributed by atoms with Gasteiger partial charge in [-0.3, -0.25) is 0 Å². The second-order valence-corrected chi connectivity index (χ2v) is 5.72. The summed E-state index contributed by atoms with van der Waals surface area (Å²) < 4.78 is 33.2. The van der Waals surface area contributed by atoms with Crippen LogP contribution in [0.15, 0.2) is 36.4 Å². The van der Waals surface area contributed by atoms with Gasteiger partial charge in [0.05, 0.1) is 16.1 Å². The molecule has 2 nitrogen and oxygen atoms in total. The Hall–Kier alpha value is -1.14. The average Bonchev–Trinajstić information content (AvgIpc) is 2.50. The zero-order valence-electron chi connectivity index (χ0n) is 11.8. The van der Waals surface area contributed by atoms with E-state index in [2.05, 4.69) is 0 Å². The minimum absolute atomic E-state index is 0.0108. The van der Waals surface area contributed by atoms with E-state index in [1.165, 1.54) is 24.3 Å². The first-order valence-electron chi connectivity index (χ1n) is 6.67. The van der Waals surface area contributed by atoms with Gasteiger partial charge < -0.3 is 10.4 Å². The van der Waals surface area contributed by atoms with Crippen LogP contribution in [0.25, 0.3) is 0 Å². The molecule has 1 unspecified atom stereocenters. The Morgan fingerprint density at radius 2 is 1.50 bits per heavy atom. The molecule has 0 spiro atoms. The second kappa shape index (κ2) is 7.42. The van der Waals surface area contributed by atoms with Crippen molar-refractivity contribution >= 4 is 41.0 Å². The summed E-state index contributed by atoms with van der Waals surface area (Å²) in [5, 5.41) is 0.0216. The molecule has 0 saturated carbocycles. The summed E-state index contributed by atoms with van der Waals surface area (Å²) in [4.78, 5) is 0. The number of nitrogens with two attached hydrogens (primary N) is 1. The molecule has 0 fully saturated rings. The van der Waals surface area contributed by atoms with E-state index in [0.717, 1.165) is 0 Å². The molecule has 0 saturated heterocycles. The van der Waals surface area contributed by atoms with Crippen molar-refractivity contribution in [3.63, 3.8) is 0 Å². The first-order valence-corrected chi connectivity index (χ1v) is 7.43. The fraction of sp³-hybridized carbons (Fsp3) is 0.200. The van der Waals surface area contributed by atoms with Crippen molar-refractivity contribution in [3.8, 4) is 0 Å². The molecule has 0 amide bonds. The van der Waals surface area contributed by atoms with Crippen molar-refractivity contribution in [3.05, 3.63) is 58.1 Å². The van der Waals surface area contributed by atoms with Crippen LogP contribution in [0.3, 0.4) is 0 Å². The molecular weight excluding hydrogens is 330 g/mol. The smallest absolute Gasteiger partial charge is 0.362 e. The second-order valence-electron chi connectivity index (χ2n) is 4.91. The molecule has 0 aromatic heterocycles. The van der Waals surface area contributed by atoms with Gasteiger partial charge in [-0.2, -0.15) is 0 Å². The van der Waals surface area contributed by atoms with Crippen molar-refractivity contribution in [2.45, 2.75) is 13.0 Å². The summed E-state index contributed by atoms with van der Waals surface area (Å²) >= 11 is 11.4. The lowest BCUT2D eigenvalue weighted by Gasteiger charge is -2.20. The van der Waals surface area contributed by atoms with E-state index < -0.39 is 18.6 Å². The Kier molecular flexibility index (Phi) is 5.81. The van der Waals surface area contributed by atoms with Crippen LogP contribution in [0.1, 0.15) is 6.92 Å². The van der Waals surface area contributed by atoms with Gasteiger partial charge in [0.2, 0.25) is 0 Å². The van der Waals surface area contributed by atoms with Crippen molar-refractivity contribution < 1.29 is 13.4 Å². The molecule has 2 aromatic rings. The van der Waals surface area contributed by atoms with Gasteiger partial charge in [-0.1, -0.05) is 35.3 Å². The fourth-order valence-electron chi connectivity index (χ4n) is 1.99. The van der Waals surface area contributed by atoms with E-state index in [1.54, 1.807) is 19.1 Å². The highest BCUT2D eigenvalue weighted by molar-refractivity contribution is 6.80. The highest BCUT2D eigenvalue weighted by atomic mass is 35.5. The highest BCUT2D eigenvalue weighted by Gasteiger charge is 2.25. The molecular formula is C15H14BCl2F2NO. The van der Waals surface area contributed by atoms with Gasteiger partial charge >= 0.3 is 6.92 Å². The monoisotopic (exact) mass is 343 g/mol. The van der Waals surface area contributed by atoms with E-state index in [-0.39, 0.29) is 22.7 Å². The van der Waals surface area contributed by atoms with Crippen molar-refractivity contribution in [2.75, 3.05) is 6.54 Å². The number of rotatable bonds is 5. The van der Waals surface area contributed by atoms with Gasteiger partial charge in [-0.25, -0.2) is 8.78 Å². The number of halogens is 4. The van der Waals surface area contributed by atoms with E-state index in [0.29, 0.717) is 10.9 Å². The molecule has 2 N–H and O–H groups in total. The van der Waals surface area contributed by atoms with Crippen LogP contribution in [-0.4, -0.2) is 19.6 Å². The van der Waals surface area contributed by atoms with Crippen molar-refractivity contribution in [1.29, 1.82) is 0 Å². The predicted octanol–water partition coefficient (Wildman–Crippen LogP) is 2.74. The molecule has 0 bridgehead atoms. The van der Waals surface area contributed by atoms with Crippen LogP contribution < -0.4 is 16.7 Å². The quantitative estimate of drug-likeness (QED) is 0.847. The molecule has 0 aliphatic heterocycles. The molecule has 1 atom stereocenters. The summed E-state index contributed by atoms with van der Waals surface area (Å²) in [6, 6.07) is 8.66. The number of hydrogen-bond donors (Lipinski definition) is 1. The lowest BCUT2D eigenvalue weighted by Crippen LogP contribution is -2.48. The van der Waals surface area contributed by atoms with E-state index in [4.69, 9.17) is 33.6 Å². The Morgan fingerprint density at radius 3 is 1.86 bits per heavy atom. The maximum atomic E-state index is 13.7. The van der Waals surface area contributed by atoms with Crippen LogP contribution in [0.5, 0.6) is 0 Å². The van der Waals surface area contributed by atoms with Gasteiger partial charge in [-0.05, 0) is 42.1 Å². The normalized spacial score (nSPS) is 12.3. The van der Waals surface area contributed by atoms with Crippen LogP contribution in [0, 0.1) is 11.6 Å². The zero-order chi connectivity index (χ0) is 16.3. The van der Waals surface area contributed by atoms with Crippen LogP contribution in [-0.2, 0) is 4.65 Å². The summed E-state index contributed by atoms with van der Waals surface area (Å²) in [5.74, 6) is -1.13. The molecule has 0 radical (unpaired) electrons. The Morgan fingerprint density at radius 1 is 1.05 bits per heavy atom. The minimum atomic E-state index is -0.669. The molecule has 116 valence electrons. The molecule has 2 aromatic carbocycles. The Bertz CT molecular complexity index is 620. The third-order valence-electron chi connectivity index (χ3n) is 3.19. The summed E-state index contributed by atoms with van der Waals surface area (Å²) in [5.41, 5.74) is 6.60. The molecule has 0 aliphatic rings. The highest BCUT2D eigenvalue weighted by Crippen LogP contribution is 2.14. The van der Waals surface area contributed by atoms with E-state index in [1.807, 2.05) is 0 Å². The van der Waals surface area contributed by atoms with Crippen molar-refractivity contribution in [2.24, 2.45) is 5.73 Å². The van der Waals surface area contributed by atoms with Gasteiger partial charge in [0.25, 0.3) is 0 Å². The third-order valence-corrected chi connectivity index (χ3v) is 3.81. The van der Waals surface area contributed by atoms with Crippen LogP contribution in [0.2, 0.25) is 10.0 Å². The van der Waals surface area contributed by atoms with Crippen LogP contribution >= 0.6 is 23.2 Å². The van der Waals surface area contributed by atoms with Gasteiger partial charge in [0.1, 0.15) is 11.6 Å². The molecule has 0 heterocycles. The topological polar surface area (TPSA) is 35.2 Å². The minimum Gasteiger partial charge on any atom is -0.423 e. The predicted molar refractivity (Wildman–Crippen MR) is 87.4 cm³/mol. The van der Waals surface area contributed by atoms with E-state index in [9.17, 15) is 8.78 Å². The largest absolute Gasteiger partial charge is 0.423 e. The first-order chi connectivity index (χ1) is 10.4. The third kappa shape index (κ3) is 3.99. The SMILES string of the molecule is CC(CN)OB(c1ccc(Cl)c(F)c1)c1ccc(Cl)c(F)c1. The zero-order valence-corrected chi connectivity index (χ0v) is 13.3. The number of hydrogen-bond acceptors (Lipinski definition) is 2. The molecule has 0 aliphatic carbocycles. The summed E-state index contributed by atoms with van der Waals surface area (Å²) in [6.45, 7) is 1.39. The molecule has 22 heavy (non-hydrogen) atoms. The average molecular weight is 344 g/mol.